The van der Waals surface area contributed by atoms with Crippen LogP contribution in [0.3, 0.4) is 0 Å². The highest BCUT2D eigenvalue weighted by atomic mass is 16.5. The Labute approximate surface area is 122 Å². The van der Waals surface area contributed by atoms with Gasteiger partial charge in [-0.1, -0.05) is 19.3 Å². The quantitative estimate of drug-likeness (QED) is 0.706. The van der Waals surface area contributed by atoms with E-state index in [1.807, 2.05) is 6.92 Å². The fourth-order valence-corrected chi connectivity index (χ4v) is 3.01. The number of hydrogen-bond donors (Lipinski definition) is 2. The maximum Gasteiger partial charge on any atom is 0.237 e. The molecule has 1 saturated carbocycles. The van der Waals surface area contributed by atoms with Gasteiger partial charge in [0.2, 0.25) is 5.91 Å². The van der Waals surface area contributed by atoms with Crippen LogP contribution in [0.5, 0.6) is 0 Å². The summed E-state index contributed by atoms with van der Waals surface area (Å²) < 4.78 is 5.82. The van der Waals surface area contributed by atoms with Crippen molar-refractivity contribution in [2.45, 2.75) is 51.2 Å². The Balaban J connectivity index is 1.56. The van der Waals surface area contributed by atoms with Crippen molar-refractivity contribution in [2.24, 2.45) is 0 Å². The van der Waals surface area contributed by atoms with Crippen LogP contribution in [0.15, 0.2) is 0 Å². The van der Waals surface area contributed by atoms with Gasteiger partial charge in [-0.25, -0.2) is 0 Å². The molecule has 116 valence electrons. The van der Waals surface area contributed by atoms with Crippen molar-refractivity contribution in [3.63, 3.8) is 0 Å². The number of nitrogens with zero attached hydrogens (tertiary/aromatic N) is 1. The number of ether oxygens (including phenoxy) is 1. The van der Waals surface area contributed by atoms with Gasteiger partial charge in [0, 0.05) is 32.7 Å². The molecule has 0 bridgehead atoms. The average molecular weight is 283 g/mol. The average Bonchev–Trinajstić information content (AvgIpc) is 2.52. The molecule has 1 amide bonds. The van der Waals surface area contributed by atoms with E-state index in [0.29, 0.717) is 19.3 Å². The molecule has 1 atom stereocenters. The van der Waals surface area contributed by atoms with Gasteiger partial charge in [-0.15, -0.1) is 0 Å². The first-order valence-electron chi connectivity index (χ1n) is 8.11. The van der Waals surface area contributed by atoms with Gasteiger partial charge in [-0.2, -0.15) is 0 Å². The molecule has 0 aromatic carbocycles. The first-order valence-corrected chi connectivity index (χ1v) is 8.11. The maximum atomic E-state index is 12.1. The number of carbonyl (C=O) groups is 1. The SMILES string of the molecule is CC(C(=O)NCCOC1CCCCC1)N1CCNCC1. The Morgan fingerprint density at radius 1 is 1.30 bits per heavy atom. The Morgan fingerprint density at radius 2 is 2.00 bits per heavy atom. The van der Waals surface area contributed by atoms with Gasteiger partial charge in [0.1, 0.15) is 0 Å². The van der Waals surface area contributed by atoms with E-state index in [2.05, 4.69) is 15.5 Å². The van der Waals surface area contributed by atoms with Crippen LogP contribution >= 0.6 is 0 Å². The zero-order valence-electron chi connectivity index (χ0n) is 12.7. The molecule has 1 aliphatic carbocycles. The van der Waals surface area contributed by atoms with Crippen LogP contribution < -0.4 is 10.6 Å². The van der Waals surface area contributed by atoms with Crippen molar-refractivity contribution >= 4 is 5.91 Å². The van der Waals surface area contributed by atoms with Crippen molar-refractivity contribution < 1.29 is 9.53 Å². The molecule has 0 radical (unpaired) electrons. The fraction of sp³-hybridized carbons (Fsp3) is 0.933. The smallest absolute Gasteiger partial charge is 0.237 e. The molecule has 2 aliphatic rings. The normalized spacial score (nSPS) is 23.4. The number of rotatable bonds is 6. The fourth-order valence-electron chi connectivity index (χ4n) is 3.01. The molecule has 20 heavy (non-hydrogen) atoms. The lowest BCUT2D eigenvalue weighted by atomic mass is 9.98. The first-order chi connectivity index (χ1) is 9.77. The lowest BCUT2D eigenvalue weighted by molar-refractivity contribution is -0.126. The second-order valence-electron chi connectivity index (χ2n) is 5.88. The van der Waals surface area contributed by atoms with Crippen LogP contribution in [0.4, 0.5) is 0 Å². The molecule has 0 aromatic heterocycles. The summed E-state index contributed by atoms with van der Waals surface area (Å²) in [4.78, 5) is 14.3. The molecule has 1 heterocycles. The lowest BCUT2D eigenvalue weighted by Gasteiger charge is -2.31. The molecule has 1 aliphatic heterocycles. The van der Waals surface area contributed by atoms with Crippen molar-refractivity contribution in [3.8, 4) is 0 Å². The van der Waals surface area contributed by atoms with Gasteiger partial charge in [0.15, 0.2) is 0 Å². The van der Waals surface area contributed by atoms with Crippen LogP contribution in [-0.4, -0.2) is 62.3 Å². The second kappa shape index (κ2) is 8.60. The van der Waals surface area contributed by atoms with Gasteiger partial charge >= 0.3 is 0 Å². The summed E-state index contributed by atoms with van der Waals surface area (Å²) in [5.74, 6) is 0.124. The van der Waals surface area contributed by atoms with Crippen LogP contribution in [0, 0.1) is 0 Å². The minimum absolute atomic E-state index is 0.0354. The first kappa shape index (κ1) is 15.7. The number of carbonyl (C=O) groups excluding carboxylic acids is 1. The molecule has 0 spiro atoms. The van der Waals surface area contributed by atoms with E-state index in [4.69, 9.17) is 4.74 Å². The van der Waals surface area contributed by atoms with Gasteiger partial charge in [0.25, 0.3) is 0 Å². The van der Waals surface area contributed by atoms with Crippen LogP contribution in [0.1, 0.15) is 39.0 Å². The largest absolute Gasteiger partial charge is 0.376 e. The zero-order chi connectivity index (χ0) is 14.2. The molecule has 1 unspecified atom stereocenters. The van der Waals surface area contributed by atoms with E-state index in [9.17, 15) is 4.79 Å². The molecule has 5 nitrogen and oxygen atoms in total. The maximum absolute atomic E-state index is 12.1. The Hall–Kier alpha value is -0.650. The highest BCUT2D eigenvalue weighted by Crippen LogP contribution is 2.19. The standard InChI is InChI=1S/C15H29N3O2/c1-13(18-10-7-16-8-11-18)15(19)17-9-12-20-14-5-3-2-4-6-14/h13-14,16H,2-12H2,1H3,(H,17,19). The summed E-state index contributed by atoms with van der Waals surface area (Å²) in [6, 6.07) is -0.0354. The van der Waals surface area contributed by atoms with E-state index < -0.39 is 0 Å². The summed E-state index contributed by atoms with van der Waals surface area (Å²) in [6.07, 6.45) is 6.72. The summed E-state index contributed by atoms with van der Waals surface area (Å²) in [6.45, 7) is 7.12. The number of hydrogen-bond acceptors (Lipinski definition) is 4. The topological polar surface area (TPSA) is 53.6 Å². The van der Waals surface area contributed by atoms with Crippen molar-refractivity contribution in [2.75, 3.05) is 39.3 Å². The van der Waals surface area contributed by atoms with Crippen LogP contribution in [0.2, 0.25) is 0 Å². The predicted octanol–water partition coefficient (Wildman–Crippen LogP) is 0.746. The molecule has 0 aromatic rings. The Bertz CT molecular complexity index is 287. The lowest BCUT2D eigenvalue weighted by Crippen LogP contribution is -2.53. The molecule has 5 heteroatoms. The zero-order valence-corrected chi connectivity index (χ0v) is 12.7. The van der Waals surface area contributed by atoms with Gasteiger partial charge in [-0.05, 0) is 19.8 Å². The van der Waals surface area contributed by atoms with E-state index >= 15 is 0 Å². The second-order valence-corrected chi connectivity index (χ2v) is 5.88. The molecule has 1 saturated heterocycles. The summed E-state index contributed by atoms with van der Waals surface area (Å²) >= 11 is 0. The van der Waals surface area contributed by atoms with E-state index in [1.165, 1.54) is 32.1 Å². The van der Waals surface area contributed by atoms with E-state index in [1.54, 1.807) is 0 Å². The van der Waals surface area contributed by atoms with Crippen molar-refractivity contribution in [1.29, 1.82) is 0 Å². The van der Waals surface area contributed by atoms with Gasteiger partial charge < -0.3 is 15.4 Å². The molecular formula is C15H29N3O2. The summed E-state index contributed by atoms with van der Waals surface area (Å²) in [7, 11) is 0. The van der Waals surface area contributed by atoms with Crippen LogP contribution in [0.25, 0.3) is 0 Å². The summed E-state index contributed by atoms with van der Waals surface area (Å²) in [5.41, 5.74) is 0. The third kappa shape index (κ3) is 5.04. The van der Waals surface area contributed by atoms with Crippen molar-refractivity contribution in [1.82, 2.24) is 15.5 Å². The van der Waals surface area contributed by atoms with Crippen molar-refractivity contribution in [3.05, 3.63) is 0 Å². The van der Waals surface area contributed by atoms with E-state index in [0.717, 1.165) is 26.2 Å². The third-order valence-electron chi connectivity index (χ3n) is 4.39. The molecular weight excluding hydrogens is 254 g/mol. The minimum Gasteiger partial charge on any atom is -0.376 e. The predicted molar refractivity (Wildman–Crippen MR) is 79.7 cm³/mol. The highest BCUT2D eigenvalue weighted by molar-refractivity contribution is 5.81. The number of piperazine rings is 1. The van der Waals surface area contributed by atoms with E-state index in [-0.39, 0.29) is 11.9 Å². The number of nitrogens with one attached hydrogen (secondary N) is 2. The third-order valence-corrected chi connectivity index (χ3v) is 4.39. The number of amides is 1. The molecule has 2 N–H and O–H groups in total. The van der Waals surface area contributed by atoms with Crippen LogP contribution in [-0.2, 0) is 9.53 Å². The minimum atomic E-state index is -0.0354. The van der Waals surface area contributed by atoms with Gasteiger partial charge in [-0.3, -0.25) is 9.69 Å². The Kier molecular flexibility index (Phi) is 6.76. The van der Waals surface area contributed by atoms with Gasteiger partial charge in [0.05, 0.1) is 18.8 Å². The highest BCUT2D eigenvalue weighted by Gasteiger charge is 2.22. The molecule has 2 fully saturated rings. The molecule has 2 rings (SSSR count). The Morgan fingerprint density at radius 3 is 2.70 bits per heavy atom. The summed E-state index contributed by atoms with van der Waals surface area (Å²) in [5, 5.41) is 6.30. The monoisotopic (exact) mass is 283 g/mol.